The zero-order chi connectivity index (χ0) is 9.84. The first kappa shape index (κ1) is 11.1. The van der Waals surface area contributed by atoms with Crippen LogP contribution < -0.4 is 4.74 Å². The number of hydrogen-bond donors (Lipinski definition) is 0. The van der Waals surface area contributed by atoms with Crippen LogP contribution >= 0.6 is 31.9 Å². The van der Waals surface area contributed by atoms with Crippen LogP contribution in [0.2, 0.25) is 0 Å². The molecule has 0 heterocycles. The van der Waals surface area contributed by atoms with Gasteiger partial charge in [-0.1, -0.05) is 31.9 Å². The lowest BCUT2D eigenvalue weighted by atomic mass is 10.1. The highest BCUT2D eigenvalue weighted by Crippen LogP contribution is 2.29. The summed E-state index contributed by atoms with van der Waals surface area (Å²) in [4.78, 5) is 0. The molecule has 0 aliphatic carbocycles. The predicted molar refractivity (Wildman–Crippen MR) is 62.7 cm³/mol. The fraction of sp³-hybridized carbons (Fsp3) is 0.400. The number of halogens is 2. The first-order valence-electron chi connectivity index (χ1n) is 4.16. The van der Waals surface area contributed by atoms with Crippen LogP contribution in [0.15, 0.2) is 16.6 Å². The summed E-state index contributed by atoms with van der Waals surface area (Å²) in [5.74, 6) is 1.00. The highest BCUT2D eigenvalue weighted by Gasteiger charge is 2.06. The van der Waals surface area contributed by atoms with Crippen molar-refractivity contribution in [2.45, 2.75) is 19.2 Å². The minimum absolute atomic E-state index is 0.711. The van der Waals surface area contributed by atoms with Crippen molar-refractivity contribution in [1.82, 2.24) is 0 Å². The largest absolute Gasteiger partial charge is 0.493 e. The van der Waals surface area contributed by atoms with E-state index >= 15 is 0 Å². The normalized spacial score (nSPS) is 10.2. The molecule has 1 aromatic carbocycles. The third-order valence-corrected chi connectivity index (χ3v) is 2.81. The summed E-state index contributed by atoms with van der Waals surface area (Å²) >= 11 is 6.91. The van der Waals surface area contributed by atoms with Gasteiger partial charge in [0.15, 0.2) is 0 Å². The molecule has 0 radical (unpaired) electrons. The summed E-state index contributed by atoms with van der Waals surface area (Å²) in [7, 11) is 0. The zero-order valence-electron chi connectivity index (χ0n) is 7.73. The molecule has 1 aromatic rings. The first-order valence-corrected chi connectivity index (χ1v) is 6.08. The highest BCUT2D eigenvalue weighted by molar-refractivity contribution is 9.10. The van der Waals surface area contributed by atoms with Crippen molar-refractivity contribution in [2.75, 3.05) is 6.61 Å². The summed E-state index contributed by atoms with van der Waals surface area (Å²) in [6.07, 6.45) is 0. The third kappa shape index (κ3) is 2.71. The minimum Gasteiger partial charge on any atom is -0.493 e. The maximum Gasteiger partial charge on any atom is 0.126 e. The van der Waals surface area contributed by atoms with Crippen LogP contribution in [-0.2, 0) is 5.33 Å². The van der Waals surface area contributed by atoms with E-state index in [9.17, 15) is 0 Å². The standard InChI is InChI=1S/C10H12Br2O/c1-3-13-10-7(2)4-9(12)5-8(10)6-11/h4-5H,3,6H2,1-2H3. The van der Waals surface area contributed by atoms with E-state index in [1.165, 1.54) is 11.1 Å². The molecule has 0 aliphatic rings. The Hall–Kier alpha value is -0.0200. The quantitative estimate of drug-likeness (QED) is 0.766. The van der Waals surface area contributed by atoms with Gasteiger partial charge in [-0.2, -0.15) is 0 Å². The van der Waals surface area contributed by atoms with E-state index < -0.39 is 0 Å². The topological polar surface area (TPSA) is 9.23 Å². The molecule has 13 heavy (non-hydrogen) atoms. The van der Waals surface area contributed by atoms with Gasteiger partial charge in [0.05, 0.1) is 6.61 Å². The molecule has 0 aromatic heterocycles. The van der Waals surface area contributed by atoms with Crippen LogP contribution in [0, 0.1) is 6.92 Å². The van der Waals surface area contributed by atoms with E-state index in [1.54, 1.807) is 0 Å². The van der Waals surface area contributed by atoms with Gasteiger partial charge in [0.25, 0.3) is 0 Å². The lowest BCUT2D eigenvalue weighted by molar-refractivity contribution is 0.335. The van der Waals surface area contributed by atoms with Crippen LogP contribution in [0.5, 0.6) is 5.75 Å². The summed E-state index contributed by atoms with van der Waals surface area (Å²) in [6, 6.07) is 4.14. The minimum atomic E-state index is 0.711. The second-order valence-corrected chi connectivity index (χ2v) is 4.25. The number of benzene rings is 1. The van der Waals surface area contributed by atoms with E-state index in [2.05, 4.69) is 50.9 Å². The molecule has 0 spiro atoms. The average molecular weight is 308 g/mol. The van der Waals surface area contributed by atoms with Gasteiger partial charge in [-0.3, -0.25) is 0 Å². The van der Waals surface area contributed by atoms with Crippen molar-refractivity contribution < 1.29 is 4.74 Å². The van der Waals surface area contributed by atoms with Crippen LogP contribution in [0.3, 0.4) is 0 Å². The van der Waals surface area contributed by atoms with Gasteiger partial charge in [-0.05, 0) is 31.5 Å². The average Bonchev–Trinajstić information content (AvgIpc) is 2.09. The predicted octanol–water partition coefficient (Wildman–Crippen LogP) is 4.05. The molecule has 0 aliphatic heterocycles. The number of hydrogen-bond acceptors (Lipinski definition) is 1. The maximum atomic E-state index is 5.56. The summed E-state index contributed by atoms with van der Waals surface area (Å²) in [5.41, 5.74) is 2.36. The molecule has 0 amide bonds. The second kappa shape index (κ2) is 5.01. The molecular weight excluding hydrogens is 296 g/mol. The number of rotatable bonds is 3. The molecule has 0 N–H and O–H groups in total. The summed E-state index contributed by atoms with van der Waals surface area (Å²) in [5, 5.41) is 0.822. The van der Waals surface area contributed by atoms with Crippen LogP contribution in [0.25, 0.3) is 0 Å². The zero-order valence-corrected chi connectivity index (χ0v) is 10.9. The Morgan fingerprint density at radius 2 is 2.08 bits per heavy atom. The Kier molecular flexibility index (Phi) is 4.26. The Labute approximate surface area is 95.7 Å². The van der Waals surface area contributed by atoms with E-state index in [-0.39, 0.29) is 0 Å². The van der Waals surface area contributed by atoms with E-state index in [1.807, 2.05) is 6.92 Å². The molecule has 1 nitrogen and oxygen atoms in total. The van der Waals surface area contributed by atoms with Gasteiger partial charge in [0, 0.05) is 15.4 Å². The van der Waals surface area contributed by atoms with Crippen LogP contribution in [-0.4, -0.2) is 6.61 Å². The molecule has 0 unspecified atom stereocenters. The lowest BCUT2D eigenvalue weighted by Crippen LogP contribution is -1.97. The first-order chi connectivity index (χ1) is 6.19. The van der Waals surface area contributed by atoms with E-state index in [0.717, 1.165) is 15.6 Å². The van der Waals surface area contributed by atoms with Gasteiger partial charge in [-0.15, -0.1) is 0 Å². The molecule has 0 saturated heterocycles. The third-order valence-electron chi connectivity index (χ3n) is 1.75. The van der Waals surface area contributed by atoms with Crippen molar-refractivity contribution >= 4 is 31.9 Å². The van der Waals surface area contributed by atoms with Crippen molar-refractivity contribution in [3.05, 3.63) is 27.7 Å². The second-order valence-electron chi connectivity index (χ2n) is 2.78. The van der Waals surface area contributed by atoms with Gasteiger partial charge in [0.2, 0.25) is 0 Å². The fourth-order valence-corrected chi connectivity index (χ4v) is 2.29. The van der Waals surface area contributed by atoms with Gasteiger partial charge >= 0.3 is 0 Å². The SMILES string of the molecule is CCOc1c(C)cc(Br)cc1CBr. The summed E-state index contributed by atoms with van der Waals surface area (Å²) < 4.78 is 6.66. The molecule has 1 rings (SSSR count). The van der Waals surface area contributed by atoms with Crippen molar-refractivity contribution in [3.8, 4) is 5.75 Å². The molecular formula is C10H12Br2O. The number of aryl methyl sites for hydroxylation is 1. The van der Waals surface area contributed by atoms with Crippen molar-refractivity contribution in [3.63, 3.8) is 0 Å². The fourth-order valence-electron chi connectivity index (χ4n) is 1.25. The van der Waals surface area contributed by atoms with Crippen molar-refractivity contribution in [1.29, 1.82) is 0 Å². The summed E-state index contributed by atoms with van der Waals surface area (Å²) in [6.45, 7) is 4.77. The van der Waals surface area contributed by atoms with Crippen LogP contribution in [0.1, 0.15) is 18.1 Å². The molecule has 0 atom stereocenters. The number of ether oxygens (including phenoxy) is 1. The van der Waals surface area contributed by atoms with Gasteiger partial charge < -0.3 is 4.74 Å². The van der Waals surface area contributed by atoms with E-state index in [0.29, 0.717) is 6.61 Å². The Balaban J connectivity index is 3.13. The molecule has 3 heteroatoms. The van der Waals surface area contributed by atoms with Gasteiger partial charge in [-0.25, -0.2) is 0 Å². The molecule has 0 bridgehead atoms. The molecule has 0 saturated carbocycles. The number of alkyl halides is 1. The smallest absolute Gasteiger partial charge is 0.126 e. The Morgan fingerprint density at radius 3 is 2.62 bits per heavy atom. The van der Waals surface area contributed by atoms with Crippen LogP contribution in [0.4, 0.5) is 0 Å². The molecule has 72 valence electrons. The lowest BCUT2D eigenvalue weighted by Gasteiger charge is -2.11. The van der Waals surface area contributed by atoms with Gasteiger partial charge in [0.1, 0.15) is 5.75 Å². The van der Waals surface area contributed by atoms with E-state index in [4.69, 9.17) is 4.74 Å². The Bertz CT molecular complexity index is 297. The Morgan fingerprint density at radius 1 is 1.38 bits per heavy atom. The highest BCUT2D eigenvalue weighted by atomic mass is 79.9. The maximum absolute atomic E-state index is 5.56. The van der Waals surface area contributed by atoms with Crippen molar-refractivity contribution in [2.24, 2.45) is 0 Å². The monoisotopic (exact) mass is 306 g/mol. The molecule has 0 fully saturated rings.